The highest BCUT2D eigenvalue weighted by Crippen LogP contribution is 2.41. The maximum Gasteiger partial charge on any atom is 0.0357 e. The molecule has 2 heterocycles. The maximum atomic E-state index is 2.37. The largest absolute Gasteiger partial charge is 0.135 e. The van der Waals surface area contributed by atoms with Crippen molar-refractivity contribution < 1.29 is 0 Å². The van der Waals surface area contributed by atoms with Crippen molar-refractivity contribution in [3.63, 3.8) is 0 Å². The number of hydrogen-bond donors (Lipinski definition) is 0. The van der Waals surface area contributed by atoms with Crippen LogP contribution in [0.5, 0.6) is 0 Å². The van der Waals surface area contributed by atoms with Crippen molar-refractivity contribution in [3.8, 4) is 20.9 Å². The van der Waals surface area contributed by atoms with Crippen LogP contribution in [0.2, 0.25) is 0 Å². The van der Waals surface area contributed by atoms with E-state index in [1.165, 1.54) is 74.1 Å². The van der Waals surface area contributed by atoms with E-state index in [1.54, 1.807) is 0 Å². The van der Waals surface area contributed by atoms with E-state index in [0.29, 0.717) is 0 Å². The molecule has 0 aliphatic rings. The summed E-state index contributed by atoms with van der Waals surface area (Å²) in [6.07, 6.45) is 0. The molecule has 0 saturated carbocycles. The second kappa shape index (κ2) is 7.30. The van der Waals surface area contributed by atoms with Crippen molar-refractivity contribution in [1.29, 1.82) is 0 Å². The van der Waals surface area contributed by atoms with Gasteiger partial charge in [-0.05, 0) is 108 Å². The van der Waals surface area contributed by atoms with Crippen LogP contribution in [0.4, 0.5) is 0 Å². The minimum absolute atomic E-state index is 1.32. The normalized spacial score (nSPS) is 11.8. The first-order valence-corrected chi connectivity index (χ1v) is 12.6. The number of thiophene rings is 2. The van der Waals surface area contributed by atoms with Crippen LogP contribution < -0.4 is 0 Å². The predicted molar refractivity (Wildman–Crippen MR) is 145 cm³/mol. The fraction of sp³-hybridized carbons (Fsp3) is 0.133. The molecule has 0 unspecified atom stereocenters. The van der Waals surface area contributed by atoms with Gasteiger partial charge in [-0.25, -0.2) is 0 Å². The van der Waals surface area contributed by atoms with E-state index in [-0.39, 0.29) is 0 Å². The van der Waals surface area contributed by atoms with Crippen LogP contribution in [-0.2, 0) is 0 Å². The highest BCUT2D eigenvalue weighted by molar-refractivity contribution is 7.22. The molecule has 6 rings (SSSR count). The Bertz CT molecular complexity index is 1470. The van der Waals surface area contributed by atoms with Crippen molar-refractivity contribution in [3.05, 3.63) is 95.1 Å². The highest BCUT2D eigenvalue weighted by atomic mass is 32.1. The lowest BCUT2D eigenvalue weighted by atomic mass is 10.0. The number of aryl methyl sites for hydroxylation is 4. The summed E-state index contributed by atoms with van der Waals surface area (Å²) in [6.45, 7) is 8.74. The maximum absolute atomic E-state index is 2.37. The number of fused-ring (bicyclic) bond motifs is 3. The molecule has 0 atom stereocenters. The van der Waals surface area contributed by atoms with Crippen LogP contribution in [0, 0.1) is 27.7 Å². The van der Waals surface area contributed by atoms with Gasteiger partial charge >= 0.3 is 0 Å². The minimum Gasteiger partial charge on any atom is -0.135 e. The van der Waals surface area contributed by atoms with Crippen molar-refractivity contribution in [2.75, 3.05) is 0 Å². The summed E-state index contributed by atoms with van der Waals surface area (Å²) in [4.78, 5) is 2.71. The van der Waals surface area contributed by atoms with Gasteiger partial charge in [0, 0.05) is 19.2 Å². The average molecular weight is 449 g/mol. The third kappa shape index (κ3) is 3.26. The van der Waals surface area contributed by atoms with Gasteiger partial charge in [0.15, 0.2) is 0 Å². The standard InChI is InChI=1S/C30H24S2/c1-17-5-7-25(19(3)9-17)29-15-23-11-21-14-28-24(12-22(21)13-27(23)31-29)16-30(32-28)26-8-6-18(2)10-20(26)4/h5-16H,1-4H3. The number of hydrogen-bond acceptors (Lipinski definition) is 2. The molecule has 0 aliphatic carbocycles. The van der Waals surface area contributed by atoms with Crippen molar-refractivity contribution in [1.82, 2.24) is 0 Å². The van der Waals surface area contributed by atoms with E-state index in [1.807, 2.05) is 22.7 Å². The molecule has 6 aromatic rings. The topological polar surface area (TPSA) is 0 Å². The summed E-state index contributed by atoms with van der Waals surface area (Å²) in [5, 5.41) is 5.32. The Kier molecular flexibility index (Phi) is 4.50. The Labute approximate surface area is 196 Å². The van der Waals surface area contributed by atoms with Crippen molar-refractivity contribution in [2.24, 2.45) is 0 Å². The molecule has 0 fully saturated rings. The molecule has 0 bridgehead atoms. The second-order valence-electron chi connectivity index (χ2n) is 8.99. The smallest absolute Gasteiger partial charge is 0.0357 e. The molecule has 2 heteroatoms. The third-order valence-electron chi connectivity index (χ3n) is 6.41. The van der Waals surface area contributed by atoms with Crippen LogP contribution in [0.15, 0.2) is 72.8 Å². The lowest BCUT2D eigenvalue weighted by molar-refractivity contribution is 1.39. The summed E-state index contributed by atoms with van der Waals surface area (Å²) in [5.74, 6) is 0. The zero-order valence-corrected chi connectivity index (χ0v) is 20.4. The Morgan fingerprint density at radius 2 is 0.875 bits per heavy atom. The summed E-state index contributed by atoms with van der Waals surface area (Å²) in [7, 11) is 0. The first-order valence-electron chi connectivity index (χ1n) is 11.0. The number of rotatable bonds is 2. The van der Waals surface area contributed by atoms with Gasteiger partial charge in [-0.15, -0.1) is 22.7 Å². The Morgan fingerprint density at radius 3 is 1.28 bits per heavy atom. The van der Waals surface area contributed by atoms with E-state index in [4.69, 9.17) is 0 Å². The summed E-state index contributed by atoms with van der Waals surface area (Å²) in [6, 6.07) is 27.7. The molecular weight excluding hydrogens is 424 g/mol. The van der Waals surface area contributed by atoms with Crippen molar-refractivity contribution >= 4 is 53.6 Å². The number of benzene rings is 4. The highest BCUT2D eigenvalue weighted by Gasteiger charge is 2.11. The van der Waals surface area contributed by atoms with Gasteiger partial charge in [-0.2, -0.15) is 0 Å². The Balaban J connectivity index is 1.48. The van der Waals surface area contributed by atoms with E-state index >= 15 is 0 Å². The van der Waals surface area contributed by atoms with Crippen molar-refractivity contribution in [2.45, 2.75) is 27.7 Å². The Morgan fingerprint density at radius 1 is 0.438 bits per heavy atom. The molecule has 0 radical (unpaired) electrons. The monoisotopic (exact) mass is 448 g/mol. The van der Waals surface area contributed by atoms with Gasteiger partial charge in [0.2, 0.25) is 0 Å². The molecule has 2 aromatic heterocycles. The summed E-state index contributed by atoms with van der Waals surface area (Å²) >= 11 is 3.80. The van der Waals surface area contributed by atoms with Crippen LogP contribution in [-0.4, -0.2) is 0 Å². The third-order valence-corrected chi connectivity index (χ3v) is 8.67. The molecule has 0 amide bonds. The molecule has 0 saturated heterocycles. The molecule has 0 aliphatic heterocycles. The van der Waals surface area contributed by atoms with Crippen LogP contribution in [0.3, 0.4) is 0 Å². The van der Waals surface area contributed by atoms with Gasteiger partial charge in [0.05, 0.1) is 0 Å². The lowest BCUT2D eigenvalue weighted by Crippen LogP contribution is -1.81. The average Bonchev–Trinajstić information content (AvgIpc) is 3.33. The van der Waals surface area contributed by atoms with Crippen LogP contribution >= 0.6 is 22.7 Å². The van der Waals surface area contributed by atoms with E-state index < -0.39 is 0 Å². The van der Waals surface area contributed by atoms with Gasteiger partial charge in [-0.1, -0.05) is 47.5 Å². The molecule has 4 aromatic carbocycles. The molecule has 0 spiro atoms. The quantitative estimate of drug-likeness (QED) is 0.247. The van der Waals surface area contributed by atoms with Crippen LogP contribution in [0.25, 0.3) is 51.8 Å². The fourth-order valence-electron chi connectivity index (χ4n) is 4.77. The van der Waals surface area contributed by atoms with E-state index in [9.17, 15) is 0 Å². The van der Waals surface area contributed by atoms with Gasteiger partial charge in [0.25, 0.3) is 0 Å². The zero-order valence-electron chi connectivity index (χ0n) is 18.7. The second-order valence-corrected chi connectivity index (χ2v) is 11.2. The van der Waals surface area contributed by atoms with Crippen LogP contribution in [0.1, 0.15) is 22.3 Å². The fourth-order valence-corrected chi connectivity index (χ4v) is 7.14. The molecule has 0 nitrogen and oxygen atoms in total. The van der Waals surface area contributed by atoms with Gasteiger partial charge in [0.1, 0.15) is 0 Å². The predicted octanol–water partition coefficient (Wildman–Crippen LogP) is 9.84. The van der Waals surface area contributed by atoms with E-state index in [0.717, 1.165) is 0 Å². The SMILES string of the molecule is Cc1ccc(-c2cc3cc4cc5sc(-c6ccc(C)cc6C)cc5cc4cc3s2)c(C)c1. The molecule has 32 heavy (non-hydrogen) atoms. The first-order chi connectivity index (χ1) is 15.4. The zero-order chi connectivity index (χ0) is 22.0. The molecule has 0 N–H and O–H groups in total. The Hall–Kier alpha value is -2.94. The lowest BCUT2D eigenvalue weighted by Gasteiger charge is -2.03. The van der Waals surface area contributed by atoms with E-state index in [2.05, 4.69) is 100 Å². The van der Waals surface area contributed by atoms with Gasteiger partial charge < -0.3 is 0 Å². The molecule has 156 valence electrons. The molecular formula is C30H24S2. The summed E-state index contributed by atoms with van der Waals surface area (Å²) in [5.41, 5.74) is 8.03. The summed E-state index contributed by atoms with van der Waals surface area (Å²) < 4.78 is 2.72. The minimum atomic E-state index is 1.32. The first kappa shape index (κ1) is 19.7. The van der Waals surface area contributed by atoms with Gasteiger partial charge in [-0.3, -0.25) is 0 Å².